The fourth-order valence-corrected chi connectivity index (χ4v) is 4.87. The molecule has 2 aromatic heterocycles. The maximum absolute atomic E-state index is 13.3. The van der Waals surface area contributed by atoms with Crippen molar-refractivity contribution in [2.75, 3.05) is 24.5 Å². The van der Waals surface area contributed by atoms with Gasteiger partial charge in [-0.05, 0) is 62.2 Å². The van der Waals surface area contributed by atoms with Crippen molar-refractivity contribution < 1.29 is 9.18 Å². The first-order valence-corrected chi connectivity index (χ1v) is 12.2. The van der Waals surface area contributed by atoms with Crippen LogP contribution in [0.25, 0.3) is 22.3 Å². The maximum Gasteiger partial charge on any atom is 0.318 e. The van der Waals surface area contributed by atoms with Gasteiger partial charge in [-0.1, -0.05) is 24.3 Å². The highest BCUT2D eigenvalue weighted by Crippen LogP contribution is 2.32. The molecule has 9 heteroatoms. The largest absolute Gasteiger partial charge is 0.352 e. The van der Waals surface area contributed by atoms with Crippen LogP contribution in [0.1, 0.15) is 37.9 Å². The van der Waals surface area contributed by atoms with Crippen molar-refractivity contribution in [3.63, 3.8) is 0 Å². The van der Waals surface area contributed by atoms with E-state index in [0.29, 0.717) is 25.2 Å². The molecule has 1 atom stereocenters. The fourth-order valence-electron chi connectivity index (χ4n) is 4.87. The topological polar surface area (TPSA) is 101 Å². The van der Waals surface area contributed by atoms with Gasteiger partial charge >= 0.3 is 6.03 Å². The number of fused-ring (bicyclic) bond motifs is 1. The van der Waals surface area contributed by atoms with Gasteiger partial charge in [-0.15, -0.1) is 0 Å². The van der Waals surface area contributed by atoms with Crippen molar-refractivity contribution in [1.29, 1.82) is 5.26 Å². The van der Waals surface area contributed by atoms with Crippen LogP contribution >= 0.6 is 0 Å². The van der Waals surface area contributed by atoms with Gasteiger partial charge < -0.3 is 20.1 Å². The molecule has 1 fully saturated rings. The zero-order chi connectivity index (χ0) is 26.2. The second kappa shape index (κ2) is 9.54. The van der Waals surface area contributed by atoms with E-state index in [1.165, 1.54) is 12.1 Å². The zero-order valence-electron chi connectivity index (χ0n) is 21.0. The first-order chi connectivity index (χ1) is 17.7. The molecule has 0 saturated carbocycles. The molecule has 0 radical (unpaired) electrons. The molecule has 0 spiro atoms. The molecule has 37 heavy (non-hydrogen) atoms. The summed E-state index contributed by atoms with van der Waals surface area (Å²) in [5, 5.41) is 13.0. The lowest BCUT2D eigenvalue weighted by Gasteiger charge is -2.47. The third kappa shape index (κ3) is 4.83. The number of piperazine rings is 1. The smallest absolute Gasteiger partial charge is 0.318 e. The van der Waals surface area contributed by atoms with Crippen molar-refractivity contribution in [2.45, 2.75) is 32.4 Å². The molecule has 8 nitrogen and oxygen atoms in total. The Kier molecular flexibility index (Phi) is 6.25. The summed E-state index contributed by atoms with van der Waals surface area (Å²) in [7, 11) is 0. The van der Waals surface area contributed by atoms with Crippen LogP contribution in [0.4, 0.5) is 15.0 Å². The van der Waals surface area contributed by atoms with E-state index in [0.717, 1.165) is 33.7 Å². The van der Waals surface area contributed by atoms with Crippen molar-refractivity contribution in [3.05, 3.63) is 77.9 Å². The minimum atomic E-state index is -0.464. The molecule has 2 N–H and O–H groups in total. The average Bonchev–Trinajstić information content (AvgIpc) is 3.33. The molecular formula is C28H28FN7O. The summed E-state index contributed by atoms with van der Waals surface area (Å²) >= 11 is 0. The maximum atomic E-state index is 13.3. The Labute approximate surface area is 214 Å². The summed E-state index contributed by atoms with van der Waals surface area (Å²) in [6.45, 7) is 7.70. The highest BCUT2D eigenvalue weighted by atomic mass is 19.1. The number of aromatic nitrogens is 3. The number of nitriles is 1. The summed E-state index contributed by atoms with van der Waals surface area (Å²) in [4.78, 5) is 29.6. The van der Waals surface area contributed by atoms with Crippen LogP contribution < -0.4 is 10.2 Å². The fraction of sp³-hybridized carbons (Fsp3) is 0.286. The Hall–Kier alpha value is -4.45. The van der Waals surface area contributed by atoms with Crippen molar-refractivity contribution in [3.8, 4) is 17.3 Å². The van der Waals surface area contributed by atoms with E-state index in [4.69, 9.17) is 5.26 Å². The summed E-state index contributed by atoms with van der Waals surface area (Å²) in [5.41, 5.74) is 3.58. The standard InChI is InChI=1S/C28H28FN7O/c1-18(20-8-10-22(29)11-9-20)33-27(37)36-13-12-35(16-28(36,2)3)26-23-14-24(34-25(23)31-17-32-26)21-6-4-19(15-30)5-7-21/h4-11,14,17-18H,12-13,16H2,1-3H3,(H,33,37)(H,31,32,34)/t18-/m0/s1. The van der Waals surface area contributed by atoms with Gasteiger partial charge in [0, 0.05) is 25.3 Å². The lowest BCUT2D eigenvalue weighted by atomic mass is 9.98. The summed E-state index contributed by atoms with van der Waals surface area (Å²) in [6, 6.07) is 17.3. The quantitative estimate of drug-likeness (QED) is 0.413. The third-order valence-corrected chi connectivity index (χ3v) is 6.89. The highest BCUT2D eigenvalue weighted by Gasteiger charge is 2.38. The predicted molar refractivity (Wildman–Crippen MR) is 140 cm³/mol. The molecule has 1 aliphatic rings. The van der Waals surface area contributed by atoms with Gasteiger partial charge in [0.15, 0.2) is 0 Å². The number of rotatable bonds is 4. The van der Waals surface area contributed by atoms with Crippen LogP contribution in [0.15, 0.2) is 60.9 Å². The number of benzene rings is 2. The number of H-pyrrole nitrogens is 1. The molecule has 3 heterocycles. The van der Waals surface area contributed by atoms with Gasteiger partial charge in [0.05, 0.1) is 28.6 Å². The molecule has 0 unspecified atom stereocenters. The monoisotopic (exact) mass is 497 g/mol. The van der Waals surface area contributed by atoms with E-state index in [9.17, 15) is 9.18 Å². The Morgan fingerprint density at radius 2 is 1.86 bits per heavy atom. The van der Waals surface area contributed by atoms with E-state index in [1.54, 1.807) is 30.6 Å². The van der Waals surface area contributed by atoms with Crippen LogP contribution in [-0.2, 0) is 0 Å². The Morgan fingerprint density at radius 1 is 1.14 bits per heavy atom. The molecule has 2 aromatic carbocycles. The van der Waals surface area contributed by atoms with E-state index < -0.39 is 5.54 Å². The van der Waals surface area contributed by atoms with Crippen LogP contribution in [0.2, 0.25) is 0 Å². The van der Waals surface area contributed by atoms with E-state index >= 15 is 0 Å². The lowest BCUT2D eigenvalue weighted by molar-refractivity contribution is 0.121. The molecule has 1 saturated heterocycles. The predicted octanol–water partition coefficient (Wildman–Crippen LogP) is 5.01. The minimum absolute atomic E-state index is 0.154. The SMILES string of the molecule is C[C@H](NC(=O)N1CCN(c2ncnc3[nH]c(-c4ccc(C#N)cc4)cc23)CC1(C)C)c1ccc(F)cc1. The number of hydrogen-bond donors (Lipinski definition) is 2. The molecule has 188 valence electrons. The molecule has 1 aliphatic heterocycles. The van der Waals surface area contributed by atoms with E-state index in [-0.39, 0.29) is 17.9 Å². The van der Waals surface area contributed by atoms with Gasteiger partial charge in [0.1, 0.15) is 23.6 Å². The van der Waals surface area contributed by atoms with Gasteiger partial charge in [-0.3, -0.25) is 0 Å². The number of hydrogen-bond acceptors (Lipinski definition) is 5. The Balaban J connectivity index is 1.33. The van der Waals surface area contributed by atoms with Gasteiger partial charge in [0.2, 0.25) is 0 Å². The minimum Gasteiger partial charge on any atom is -0.352 e. The second-order valence-corrected chi connectivity index (χ2v) is 9.94. The molecule has 4 aromatic rings. The number of halogens is 1. The molecule has 5 rings (SSSR count). The van der Waals surface area contributed by atoms with Gasteiger partial charge in [0.25, 0.3) is 0 Å². The van der Waals surface area contributed by atoms with Crippen LogP contribution in [-0.4, -0.2) is 51.1 Å². The first-order valence-electron chi connectivity index (χ1n) is 12.2. The highest BCUT2D eigenvalue weighted by molar-refractivity contribution is 5.92. The molecule has 2 amide bonds. The number of carbonyl (C=O) groups excluding carboxylic acids is 1. The zero-order valence-corrected chi connectivity index (χ0v) is 21.0. The first kappa shape index (κ1) is 24.3. The number of nitrogens with one attached hydrogen (secondary N) is 2. The van der Waals surface area contributed by atoms with Gasteiger partial charge in [-0.2, -0.15) is 5.26 Å². The normalized spacial score (nSPS) is 15.9. The van der Waals surface area contributed by atoms with Crippen LogP contribution in [0, 0.1) is 17.1 Å². The number of anilines is 1. The summed E-state index contributed by atoms with van der Waals surface area (Å²) in [6.07, 6.45) is 1.55. The van der Waals surface area contributed by atoms with Crippen molar-refractivity contribution >= 4 is 22.9 Å². The van der Waals surface area contributed by atoms with Crippen molar-refractivity contribution in [1.82, 2.24) is 25.2 Å². The summed E-state index contributed by atoms with van der Waals surface area (Å²) in [5.74, 6) is 0.513. The number of aromatic amines is 1. The number of nitrogens with zero attached hydrogens (tertiary/aromatic N) is 5. The van der Waals surface area contributed by atoms with E-state index in [2.05, 4.69) is 31.2 Å². The summed E-state index contributed by atoms with van der Waals surface area (Å²) < 4.78 is 13.3. The molecular weight excluding hydrogens is 469 g/mol. The Morgan fingerprint density at radius 3 is 2.54 bits per heavy atom. The third-order valence-electron chi connectivity index (χ3n) is 6.89. The second-order valence-electron chi connectivity index (χ2n) is 9.94. The van der Waals surface area contributed by atoms with Gasteiger partial charge in [-0.25, -0.2) is 19.2 Å². The Bertz CT molecular complexity index is 1470. The number of carbonyl (C=O) groups is 1. The van der Waals surface area contributed by atoms with E-state index in [1.807, 2.05) is 43.9 Å². The molecule has 0 bridgehead atoms. The lowest BCUT2D eigenvalue weighted by Crippen LogP contribution is -2.63. The number of amides is 2. The van der Waals surface area contributed by atoms with Crippen LogP contribution in [0.5, 0.6) is 0 Å². The molecule has 0 aliphatic carbocycles. The van der Waals surface area contributed by atoms with Crippen LogP contribution in [0.3, 0.4) is 0 Å². The number of urea groups is 1. The average molecular weight is 498 g/mol. The van der Waals surface area contributed by atoms with Crippen molar-refractivity contribution in [2.24, 2.45) is 0 Å².